The van der Waals surface area contributed by atoms with Crippen molar-refractivity contribution in [3.8, 4) is 6.07 Å². The lowest BCUT2D eigenvalue weighted by Crippen LogP contribution is -2.11. The van der Waals surface area contributed by atoms with Gasteiger partial charge in [-0.1, -0.05) is 24.6 Å². The number of nitrogens with zero attached hydrogens (tertiary/aromatic N) is 5. The largest absolute Gasteiger partial charge is 0.217 e. The molecule has 1 saturated carbocycles. The van der Waals surface area contributed by atoms with Gasteiger partial charge >= 0.3 is 0 Å². The molecule has 1 aromatic rings. The summed E-state index contributed by atoms with van der Waals surface area (Å²) in [6.45, 7) is 3.93. The highest BCUT2D eigenvalue weighted by Crippen LogP contribution is 2.32. The topological polar surface area (TPSA) is 67.4 Å². The van der Waals surface area contributed by atoms with Crippen LogP contribution in [-0.4, -0.2) is 26.0 Å². The number of rotatable bonds is 5. The maximum absolute atomic E-state index is 8.97. The van der Waals surface area contributed by atoms with Gasteiger partial charge < -0.3 is 0 Å². The highest BCUT2D eigenvalue weighted by atomic mass is 32.2. The maximum Gasteiger partial charge on any atom is 0.209 e. The van der Waals surface area contributed by atoms with E-state index >= 15 is 0 Å². The Morgan fingerprint density at radius 2 is 2.17 bits per heavy atom. The quantitative estimate of drug-likeness (QED) is 0.766. The standard InChI is InChI=1S/C12H19N5S/c1-12(2,9-13)7-8-18-11-14-15-16-17(11)10-5-3-4-6-10/h10H,3-8H2,1-2H3. The molecule has 0 amide bonds. The highest BCUT2D eigenvalue weighted by molar-refractivity contribution is 7.99. The number of tetrazole rings is 1. The second-order valence-corrected chi connectivity index (χ2v) is 6.50. The van der Waals surface area contributed by atoms with Gasteiger partial charge in [0.15, 0.2) is 0 Å². The Labute approximate surface area is 112 Å². The molecular formula is C12H19N5S. The fourth-order valence-electron chi connectivity index (χ4n) is 2.11. The Kier molecular flexibility index (Phi) is 4.23. The summed E-state index contributed by atoms with van der Waals surface area (Å²) in [5.41, 5.74) is -0.265. The molecule has 0 bridgehead atoms. The number of thioether (sulfide) groups is 1. The molecule has 0 aromatic carbocycles. The van der Waals surface area contributed by atoms with E-state index in [0.29, 0.717) is 6.04 Å². The van der Waals surface area contributed by atoms with Gasteiger partial charge in [-0.25, -0.2) is 4.68 Å². The molecular weight excluding hydrogens is 246 g/mol. The van der Waals surface area contributed by atoms with Gasteiger partial charge in [-0.2, -0.15) is 5.26 Å². The summed E-state index contributed by atoms with van der Waals surface area (Å²) < 4.78 is 1.97. The summed E-state index contributed by atoms with van der Waals surface area (Å²) in [6.07, 6.45) is 5.77. The predicted octanol–water partition coefficient (Wildman–Crippen LogP) is 2.82. The fraction of sp³-hybridized carbons (Fsp3) is 0.833. The minimum absolute atomic E-state index is 0.265. The molecule has 0 spiro atoms. The number of aromatic nitrogens is 4. The lowest BCUT2D eigenvalue weighted by molar-refractivity contribution is 0.422. The maximum atomic E-state index is 8.97. The van der Waals surface area contributed by atoms with Crippen LogP contribution in [0.15, 0.2) is 5.16 Å². The Morgan fingerprint density at radius 3 is 2.83 bits per heavy atom. The molecule has 1 aromatic heterocycles. The van der Waals surface area contributed by atoms with Crippen molar-refractivity contribution in [3.63, 3.8) is 0 Å². The summed E-state index contributed by atoms with van der Waals surface area (Å²) in [5, 5.41) is 21.8. The van der Waals surface area contributed by atoms with Crippen LogP contribution >= 0.6 is 11.8 Å². The van der Waals surface area contributed by atoms with Crippen LogP contribution in [0.2, 0.25) is 0 Å². The zero-order valence-corrected chi connectivity index (χ0v) is 11.8. The van der Waals surface area contributed by atoms with Crippen molar-refractivity contribution in [2.75, 3.05) is 5.75 Å². The van der Waals surface area contributed by atoms with E-state index in [-0.39, 0.29) is 5.41 Å². The van der Waals surface area contributed by atoms with E-state index in [1.807, 2.05) is 18.5 Å². The van der Waals surface area contributed by atoms with Gasteiger partial charge in [0.05, 0.1) is 17.5 Å². The smallest absolute Gasteiger partial charge is 0.209 e. The van der Waals surface area contributed by atoms with Crippen LogP contribution in [0, 0.1) is 16.7 Å². The second-order valence-electron chi connectivity index (χ2n) is 5.44. The average Bonchev–Trinajstić information content (AvgIpc) is 2.98. The molecule has 5 nitrogen and oxygen atoms in total. The molecule has 98 valence electrons. The van der Waals surface area contributed by atoms with E-state index in [4.69, 9.17) is 5.26 Å². The normalized spacial score (nSPS) is 16.9. The fourth-order valence-corrected chi connectivity index (χ4v) is 3.32. The van der Waals surface area contributed by atoms with Crippen molar-refractivity contribution in [3.05, 3.63) is 0 Å². The first kappa shape index (κ1) is 13.3. The molecule has 6 heteroatoms. The van der Waals surface area contributed by atoms with E-state index in [1.54, 1.807) is 11.8 Å². The number of hydrogen-bond acceptors (Lipinski definition) is 5. The summed E-state index contributed by atoms with van der Waals surface area (Å²) in [4.78, 5) is 0. The van der Waals surface area contributed by atoms with Crippen molar-refractivity contribution in [2.45, 2.75) is 57.1 Å². The molecule has 1 heterocycles. The Bertz CT molecular complexity index is 428. The zero-order chi connectivity index (χ0) is 13.0. The number of nitriles is 1. The van der Waals surface area contributed by atoms with Crippen molar-refractivity contribution < 1.29 is 0 Å². The molecule has 0 atom stereocenters. The van der Waals surface area contributed by atoms with Crippen molar-refractivity contribution >= 4 is 11.8 Å². The first-order valence-corrected chi connectivity index (χ1v) is 7.43. The average molecular weight is 265 g/mol. The Balaban J connectivity index is 1.90. The molecule has 0 unspecified atom stereocenters. The van der Waals surface area contributed by atoms with Gasteiger partial charge in [0.25, 0.3) is 0 Å². The summed E-state index contributed by atoms with van der Waals surface area (Å²) >= 11 is 1.66. The third-order valence-corrected chi connectivity index (χ3v) is 4.33. The third kappa shape index (κ3) is 3.22. The summed E-state index contributed by atoms with van der Waals surface area (Å²) in [7, 11) is 0. The van der Waals surface area contributed by atoms with Crippen LogP contribution in [0.3, 0.4) is 0 Å². The van der Waals surface area contributed by atoms with Crippen LogP contribution in [-0.2, 0) is 0 Å². The summed E-state index contributed by atoms with van der Waals surface area (Å²) in [5.74, 6) is 0.883. The molecule has 0 aliphatic heterocycles. The van der Waals surface area contributed by atoms with E-state index < -0.39 is 0 Å². The minimum atomic E-state index is -0.265. The molecule has 0 saturated heterocycles. The van der Waals surface area contributed by atoms with Crippen LogP contribution in [0.25, 0.3) is 0 Å². The molecule has 1 fully saturated rings. The van der Waals surface area contributed by atoms with E-state index in [9.17, 15) is 0 Å². The molecule has 1 aliphatic rings. The Morgan fingerprint density at radius 1 is 1.44 bits per heavy atom. The first-order valence-electron chi connectivity index (χ1n) is 6.44. The van der Waals surface area contributed by atoms with Gasteiger partial charge in [-0.3, -0.25) is 0 Å². The van der Waals surface area contributed by atoms with Gasteiger partial charge in [-0.05, 0) is 43.5 Å². The van der Waals surface area contributed by atoms with E-state index in [2.05, 4.69) is 21.6 Å². The first-order chi connectivity index (χ1) is 8.62. The van der Waals surface area contributed by atoms with Crippen LogP contribution in [0.4, 0.5) is 0 Å². The molecule has 0 radical (unpaired) electrons. The van der Waals surface area contributed by atoms with E-state index in [1.165, 1.54) is 25.7 Å². The van der Waals surface area contributed by atoms with Gasteiger partial charge in [0.1, 0.15) is 0 Å². The highest BCUT2D eigenvalue weighted by Gasteiger charge is 2.22. The van der Waals surface area contributed by atoms with Gasteiger partial charge in [0, 0.05) is 5.75 Å². The lowest BCUT2D eigenvalue weighted by atomic mass is 9.93. The van der Waals surface area contributed by atoms with E-state index in [0.717, 1.165) is 17.3 Å². The van der Waals surface area contributed by atoms with Crippen LogP contribution < -0.4 is 0 Å². The van der Waals surface area contributed by atoms with Crippen LogP contribution in [0.5, 0.6) is 0 Å². The predicted molar refractivity (Wildman–Crippen MR) is 70.1 cm³/mol. The third-order valence-electron chi connectivity index (χ3n) is 3.39. The van der Waals surface area contributed by atoms with Crippen LogP contribution in [0.1, 0.15) is 52.0 Å². The second kappa shape index (κ2) is 5.70. The SMILES string of the molecule is CC(C)(C#N)CCSc1nnnn1C1CCCC1. The van der Waals surface area contributed by atoms with Crippen molar-refractivity contribution in [1.29, 1.82) is 5.26 Å². The summed E-state index contributed by atoms with van der Waals surface area (Å²) in [6, 6.07) is 2.80. The zero-order valence-electron chi connectivity index (χ0n) is 11.0. The van der Waals surface area contributed by atoms with Gasteiger partial charge in [-0.15, -0.1) is 5.10 Å². The Hall–Kier alpha value is -1.09. The molecule has 18 heavy (non-hydrogen) atoms. The molecule has 0 N–H and O–H groups in total. The van der Waals surface area contributed by atoms with Crippen molar-refractivity contribution in [2.24, 2.45) is 5.41 Å². The van der Waals surface area contributed by atoms with Gasteiger partial charge in [0.2, 0.25) is 5.16 Å². The minimum Gasteiger partial charge on any atom is -0.217 e. The lowest BCUT2D eigenvalue weighted by Gasteiger charge is -2.14. The molecule has 1 aliphatic carbocycles. The monoisotopic (exact) mass is 265 g/mol. The number of hydrogen-bond donors (Lipinski definition) is 0. The molecule has 2 rings (SSSR count). The van der Waals surface area contributed by atoms with Crippen molar-refractivity contribution in [1.82, 2.24) is 20.2 Å².